The molecule has 0 heterocycles. The maximum absolute atomic E-state index is 12.3. The lowest BCUT2D eigenvalue weighted by molar-refractivity contribution is 0.0934. The number of nitrogens with one attached hydrogen (secondary N) is 3. The summed E-state index contributed by atoms with van der Waals surface area (Å²) in [6.07, 6.45) is 0. The van der Waals surface area contributed by atoms with Crippen LogP contribution in [0.25, 0.3) is 0 Å². The highest BCUT2D eigenvalue weighted by molar-refractivity contribution is 9.10. The fourth-order valence-corrected chi connectivity index (χ4v) is 3.64. The molecule has 27 heavy (non-hydrogen) atoms. The summed E-state index contributed by atoms with van der Waals surface area (Å²) in [4.78, 5) is 24.4. The van der Waals surface area contributed by atoms with Gasteiger partial charge in [-0.25, -0.2) is 0 Å². The lowest BCUT2D eigenvalue weighted by atomic mass is 9.86. The molecule has 0 unspecified atom stereocenters. The largest absolute Gasteiger partial charge is 0.298 e. The molecule has 0 aliphatic rings. The van der Waals surface area contributed by atoms with E-state index in [1.807, 2.05) is 6.07 Å². The van der Waals surface area contributed by atoms with E-state index in [1.165, 1.54) is 0 Å². The summed E-state index contributed by atoms with van der Waals surface area (Å²) in [6.45, 7) is 6.27. The molecule has 142 valence electrons. The highest BCUT2D eigenvalue weighted by Crippen LogP contribution is 2.30. The van der Waals surface area contributed by atoms with Crippen molar-refractivity contribution >= 4 is 56.7 Å². The molecule has 2 amide bonds. The molecule has 2 aromatic rings. The maximum Gasteiger partial charge on any atom is 0.271 e. The topological polar surface area (TPSA) is 70.2 Å². The summed E-state index contributed by atoms with van der Waals surface area (Å²) < 4.78 is 0.841. The van der Waals surface area contributed by atoms with Crippen molar-refractivity contribution in [1.29, 1.82) is 0 Å². The number of carbonyl (C=O) groups excluding carboxylic acids is 2. The Kier molecular flexibility index (Phi) is 6.97. The average molecular weight is 469 g/mol. The van der Waals surface area contributed by atoms with Gasteiger partial charge in [-0.05, 0) is 47.5 Å². The summed E-state index contributed by atoms with van der Waals surface area (Å²) in [6, 6.07) is 12.0. The first-order valence-electron chi connectivity index (χ1n) is 8.06. The zero-order valence-corrected chi connectivity index (χ0v) is 18.2. The van der Waals surface area contributed by atoms with Crippen LogP contribution >= 0.6 is 39.7 Å². The van der Waals surface area contributed by atoms with Crippen LogP contribution in [0.3, 0.4) is 0 Å². The molecule has 0 bridgehead atoms. The summed E-state index contributed by atoms with van der Waals surface area (Å²) in [5.74, 6) is -0.852. The Hall–Kier alpha value is -1.96. The van der Waals surface area contributed by atoms with Crippen LogP contribution < -0.4 is 16.2 Å². The molecule has 0 fully saturated rings. The van der Waals surface area contributed by atoms with Gasteiger partial charge in [-0.3, -0.25) is 25.8 Å². The first kappa shape index (κ1) is 21.3. The van der Waals surface area contributed by atoms with Crippen molar-refractivity contribution in [2.24, 2.45) is 0 Å². The normalized spacial score (nSPS) is 10.9. The van der Waals surface area contributed by atoms with Crippen molar-refractivity contribution in [3.8, 4) is 0 Å². The van der Waals surface area contributed by atoms with E-state index in [2.05, 4.69) is 52.9 Å². The summed E-state index contributed by atoms with van der Waals surface area (Å²) in [5, 5.41) is 2.80. The minimum atomic E-state index is -0.463. The molecule has 0 atom stereocenters. The maximum atomic E-state index is 12.3. The molecular formula is C19H19BrClN3O2S. The van der Waals surface area contributed by atoms with Gasteiger partial charge in [0.05, 0.1) is 10.6 Å². The number of halogens is 2. The van der Waals surface area contributed by atoms with Gasteiger partial charge in [-0.1, -0.05) is 66.5 Å². The van der Waals surface area contributed by atoms with Crippen LogP contribution in [0.15, 0.2) is 46.9 Å². The van der Waals surface area contributed by atoms with Crippen molar-refractivity contribution in [2.45, 2.75) is 26.2 Å². The van der Waals surface area contributed by atoms with Gasteiger partial charge in [-0.15, -0.1) is 0 Å². The number of carbonyl (C=O) groups is 2. The van der Waals surface area contributed by atoms with Gasteiger partial charge in [-0.2, -0.15) is 0 Å². The third-order valence-corrected chi connectivity index (χ3v) is 4.86. The van der Waals surface area contributed by atoms with Crippen molar-refractivity contribution < 1.29 is 9.59 Å². The standard InChI is InChI=1S/C19H19BrClN3O2S/c1-19(2,3)13-9-8-11(10-14(13)20)16(25)22-18(27)24-23-17(26)12-6-4-5-7-15(12)21/h4-10H,1-3H3,(H,23,26)(H2,22,24,25,27). The molecule has 0 aliphatic heterocycles. The van der Waals surface area contributed by atoms with Crippen LogP contribution in [0.4, 0.5) is 0 Å². The second-order valence-corrected chi connectivity index (χ2v) is 8.46. The summed E-state index contributed by atoms with van der Waals surface area (Å²) in [5.41, 5.74) is 6.66. The predicted octanol–water partition coefficient (Wildman–Crippen LogP) is 4.35. The van der Waals surface area contributed by atoms with Crippen LogP contribution in [0.1, 0.15) is 47.1 Å². The van der Waals surface area contributed by atoms with E-state index in [4.69, 9.17) is 23.8 Å². The highest BCUT2D eigenvalue weighted by atomic mass is 79.9. The van der Waals surface area contributed by atoms with Crippen LogP contribution in [0, 0.1) is 0 Å². The van der Waals surface area contributed by atoms with E-state index in [0.29, 0.717) is 16.1 Å². The molecule has 0 spiro atoms. The number of benzene rings is 2. The minimum Gasteiger partial charge on any atom is -0.298 e. The van der Waals surface area contributed by atoms with E-state index in [0.717, 1.165) is 10.0 Å². The third-order valence-electron chi connectivity index (χ3n) is 3.67. The molecule has 2 aromatic carbocycles. The molecule has 0 saturated carbocycles. The highest BCUT2D eigenvalue weighted by Gasteiger charge is 2.19. The first-order chi connectivity index (χ1) is 12.6. The van der Waals surface area contributed by atoms with Crippen LogP contribution in [0.2, 0.25) is 5.02 Å². The Bertz CT molecular complexity index is 897. The number of hydrogen-bond acceptors (Lipinski definition) is 3. The summed E-state index contributed by atoms with van der Waals surface area (Å²) in [7, 11) is 0. The predicted molar refractivity (Wildman–Crippen MR) is 115 cm³/mol. The number of hydrazine groups is 1. The Balaban J connectivity index is 1.96. The first-order valence-corrected chi connectivity index (χ1v) is 9.63. The number of amides is 2. The lowest BCUT2D eigenvalue weighted by Crippen LogP contribution is -2.48. The molecule has 0 aliphatic carbocycles. The minimum absolute atomic E-state index is 0.0311. The van der Waals surface area contributed by atoms with E-state index in [-0.39, 0.29) is 16.4 Å². The van der Waals surface area contributed by atoms with E-state index in [1.54, 1.807) is 36.4 Å². The van der Waals surface area contributed by atoms with E-state index in [9.17, 15) is 9.59 Å². The fraction of sp³-hybridized carbons (Fsp3) is 0.211. The third kappa shape index (κ3) is 5.76. The van der Waals surface area contributed by atoms with E-state index < -0.39 is 5.91 Å². The second-order valence-electron chi connectivity index (χ2n) is 6.79. The Morgan fingerprint density at radius 1 is 1.04 bits per heavy atom. The Labute approximate surface area is 177 Å². The van der Waals surface area contributed by atoms with Gasteiger partial charge in [0.15, 0.2) is 5.11 Å². The van der Waals surface area contributed by atoms with Crippen LogP contribution in [0.5, 0.6) is 0 Å². The van der Waals surface area contributed by atoms with Gasteiger partial charge in [0.2, 0.25) is 0 Å². The smallest absolute Gasteiger partial charge is 0.271 e. The van der Waals surface area contributed by atoms with Gasteiger partial charge in [0.1, 0.15) is 0 Å². The van der Waals surface area contributed by atoms with Crippen molar-refractivity contribution in [2.75, 3.05) is 0 Å². The second kappa shape index (κ2) is 8.82. The zero-order valence-electron chi connectivity index (χ0n) is 15.0. The van der Waals surface area contributed by atoms with Crippen LogP contribution in [-0.4, -0.2) is 16.9 Å². The van der Waals surface area contributed by atoms with Crippen molar-refractivity contribution in [3.63, 3.8) is 0 Å². The molecule has 0 radical (unpaired) electrons. The molecule has 0 aromatic heterocycles. The van der Waals surface area contributed by atoms with E-state index >= 15 is 0 Å². The molecule has 2 rings (SSSR count). The van der Waals surface area contributed by atoms with Gasteiger partial charge >= 0.3 is 0 Å². The van der Waals surface area contributed by atoms with Gasteiger partial charge in [0, 0.05) is 10.0 Å². The van der Waals surface area contributed by atoms with Crippen molar-refractivity contribution in [3.05, 3.63) is 68.7 Å². The molecule has 3 N–H and O–H groups in total. The van der Waals surface area contributed by atoms with Gasteiger partial charge < -0.3 is 0 Å². The van der Waals surface area contributed by atoms with Gasteiger partial charge in [0.25, 0.3) is 11.8 Å². The molecule has 8 heteroatoms. The number of hydrogen-bond donors (Lipinski definition) is 3. The number of thiocarbonyl (C=S) groups is 1. The quantitative estimate of drug-likeness (QED) is 0.453. The monoisotopic (exact) mass is 467 g/mol. The molecule has 5 nitrogen and oxygen atoms in total. The van der Waals surface area contributed by atoms with Crippen molar-refractivity contribution in [1.82, 2.24) is 16.2 Å². The lowest BCUT2D eigenvalue weighted by Gasteiger charge is -2.21. The van der Waals surface area contributed by atoms with Crippen LogP contribution in [-0.2, 0) is 5.41 Å². The zero-order chi connectivity index (χ0) is 20.2. The Morgan fingerprint density at radius 2 is 1.70 bits per heavy atom. The molecular weight excluding hydrogens is 450 g/mol. The SMILES string of the molecule is CC(C)(C)c1ccc(C(=O)NC(=S)NNC(=O)c2ccccc2Cl)cc1Br. The average Bonchev–Trinajstić information content (AvgIpc) is 2.58. The summed E-state index contributed by atoms with van der Waals surface area (Å²) >= 11 is 14.5. The Morgan fingerprint density at radius 3 is 2.30 bits per heavy atom. The molecule has 0 saturated heterocycles. The number of rotatable bonds is 2. The fourth-order valence-electron chi connectivity index (χ4n) is 2.30.